The third-order valence-electron chi connectivity index (χ3n) is 3.61. The van der Waals surface area contributed by atoms with Crippen LogP contribution >= 0.6 is 0 Å². The zero-order valence-electron chi connectivity index (χ0n) is 13.4. The topological polar surface area (TPSA) is 78.3 Å². The Bertz CT molecular complexity index is 907. The van der Waals surface area contributed by atoms with Crippen molar-refractivity contribution < 1.29 is 26.3 Å². The van der Waals surface area contributed by atoms with Crippen LogP contribution in [-0.2, 0) is 27.3 Å². The van der Waals surface area contributed by atoms with E-state index in [2.05, 4.69) is 4.98 Å². The van der Waals surface area contributed by atoms with Gasteiger partial charge in [-0.2, -0.15) is 13.2 Å². The quantitative estimate of drug-likeness (QED) is 0.735. The first kappa shape index (κ1) is 19.4. The summed E-state index contributed by atoms with van der Waals surface area (Å²) in [5.41, 5.74) is -2.02. The fourth-order valence-corrected chi connectivity index (χ4v) is 3.54. The smallest absolute Gasteiger partial charge is 0.384 e. The molecule has 0 amide bonds. The van der Waals surface area contributed by atoms with Gasteiger partial charge in [-0.25, -0.2) is 13.4 Å². The number of ether oxygens (including phenoxy) is 1. The van der Waals surface area contributed by atoms with Crippen LogP contribution in [0.2, 0.25) is 0 Å². The summed E-state index contributed by atoms with van der Waals surface area (Å²) in [4.78, 5) is 16.1. The van der Waals surface area contributed by atoms with Crippen molar-refractivity contribution >= 4 is 20.7 Å². The molecular formula is C15H17F3N2O4S. The predicted molar refractivity (Wildman–Crippen MR) is 86.2 cm³/mol. The number of aromatic nitrogens is 2. The minimum absolute atomic E-state index is 0.0459. The number of alkyl halides is 3. The minimum atomic E-state index is -4.61. The van der Waals surface area contributed by atoms with Gasteiger partial charge >= 0.3 is 6.18 Å². The zero-order chi connectivity index (χ0) is 18.7. The van der Waals surface area contributed by atoms with E-state index in [1.54, 1.807) is 0 Å². The van der Waals surface area contributed by atoms with Crippen molar-refractivity contribution in [1.82, 2.24) is 9.55 Å². The molecule has 0 bridgehead atoms. The van der Waals surface area contributed by atoms with Crippen LogP contribution in [0.4, 0.5) is 13.2 Å². The monoisotopic (exact) mass is 378 g/mol. The molecule has 10 heteroatoms. The minimum Gasteiger partial charge on any atom is -0.384 e. The van der Waals surface area contributed by atoms with Crippen molar-refractivity contribution in [2.75, 3.05) is 25.2 Å². The highest BCUT2D eigenvalue weighted by Crippen LogP contribution is 2.32. The third-order valence-corrected chi connectivity index (χ3v) is 5.31. The molecule has 0 radical (unpaired) electrons. The Kier molecular flexibility index (Phi) is 5.83. The Balaban J connectivity index is 2.22. The molecule has 6 nitrogen and oxygen atoms in total. The fraction of sp³-hybridized carbons (Fsp3) is 0.467. The Morgan fingerprint density at radius 2 is 1.96 bits per heavy atom. The predicted octanol–water partition coefficient (Wildman–Crippen LogP) is 1.87. The number of benzene rings is 1. The molecule has 0 atom stereocenters. The van der Waals surface area contributed by atoms with Gasteiger partial charge < -0.3 is 4.74 Å². The molecule has 0 N–H and O–H groups in total. The van der Waals surface area contributed by atoms with Crippen LogP contribution in [0.5, 0.6) is 0 Å². The first-order valence-corrected chi connectivity index (χ1v) is 9.22. The second-order valence-corrected chi connectivity index (χ2v) is 7.74. The Hall–Kier alpha value is -1.94. The summed E-state index contributed by atoms with van der Waals surface area (Å²) < 4.78 is 68.2. The third kappa shape index (κ3) is 4.79. The van der Waals surface area contributed by atoms with Crippen molar-refractivity contribution in [2.24, 2.45) is 0 Å². The van der Waals surface area contributed by atoms with E-state index in [1.165, 1.54) is 13.2 Å². The molecule has 0 aliphatic carbocycles. The zero-order valence-corrected chi connectivity index (χ0v) is 14.2. The number of sulfone groups is 1. The van der Waals surface area contributed by atoms with Crippen molar-refractivity contribution in [3.63, 3.8) is 0 Å². The molecule has 2 rings (SSSR count). The average Bonchev–Trinajstić information content (AvgIpc) is 2.54. The van der Waals surface area contributed by atoms with Crippen molar-refractivity contribution in [1.29, 1.82) is 0 Å². The molecule has 1 aromatic heterocycles. The molecule has 0 spiro atoms. The van der Waals surface area contributed by atoms with Crippen molar-refractivity contribution in [2.45, 2.75) is 19.1 Å². The van der Waals surface area contributed by atoms with Crippen LogP contribution < -0.4 is 5.56 Å². The number of nitrogens with zero attached hydrogens (tertiary/aromatic N) is 2. The molecule has 0 aliphatic rings. The molecule has 1 heterocycles. The van der Waals surface area contributed by atoms with Crippen LogP contribution in [-0.4, -0.2) is 43.2 Å². The summed E-state index contributed by atoms with van der Waals surface area (Å²) in [6, 6.07) is 3.28. The van der Waals surface area contributed by atoms with Gasteiger partial charge in [0.25, 0.3) is 5.56 Å². The maximum absolute atomic E-state index is 13.0. The van der Waals surface area contributed by atoms with Crippen LogP contribution in [0.15, 0.2) is 29.3 Å². The highest BCUT2D eigenvalue weighted by molar-refractivity contribution is 7.91. The summed E-state index contributed by atoms with van der Waals surface area (Å²) in [5, 5.41) is -0.153. The SMILES string of the molecule is COCCS(=O)(=O)CCCn1cnc2c(C(F)(F)F)cccc2c1=O. The van der Waals surface area contributed by atoms with E-state index >= 15 is 0 Å². The number of hydrogen-bond donors (Lipinski definition) is 0. The summed E-state index contributed by atoms with van der Waals surface area (Å²) >= 11 is 0. The van der Waals surface area contributed by atoms with E-state index in [-0.39, 0.29) is 36.5 Å². The van der Waals surface area contributed by atoms with Gasteiger partial charge in [-0.1, -0.05) is 6.07 Å². The lowest BCUT2D eigenvalue weighted by Gasteiger charge is -2.11. The molecule has 0 saturated carbocycles. The van der Waals surface area contributed by atoms with Gasteiger partial charge in [0.2, 0.25) is 0 Å². The number of fused-ring (bicyclic) bond motifs is 1. The van der Waals surface area contributed by atoms with E-state index in [4.69, 9.17) is 4.74 Å². The largest absolute Gasteiger partial charge is 0.418 e. The van der Waals surface area contributed by atoms with E-state index < -0.39 is 32.7 Å². The number of rotatable bonds is 7. The summed E-state index contributed by atoms with van der Waals surface area (Å²) in [6.07, 6.45) is -3.44. The molecule has 0 saturated heterocycles. The van der Waals surface area contributed by atoms with Crippen LogP contribution in [0, 0.1) is 0 Å². The van der Waals surface area contributed by atoms with Gasteiger partial charge in [-0.05, 0) is 18.6 Å². The standard InChI is InChI=1S/C15H17F3N2O4S/c1-24-7-9-25(22,23)8-3-6-20-10-19-13-11(14(20)21)4-2-5-12(13)15(16,17)18/h2,4-5,10H,3,6-9H2,1H3. The molecular weight excluding hydrogens is 361 g/mol. The van der Waals surface area contributed by atoms with Crippen LogP contribution in [0.1, 0.15) is 12.0 Å². The van der Waals surface area contributed by atoms with Gasteiger partial charge in [0.15, 0.2) is 9.84 Å². The Labute approximate surface area is 142 Å². The molecule has 0 aliphatic heterocycles. The average molecular weight is 378 g/mol. The second kappa shape index (κ2) is 7.52. The van der Waals surface area contributed by atoms with Gasteiger partial charge in [-0.15, -0.1) is 0 Å². The highest BCUT2D eigenvalue weighted by Gasteiger charge is 2.33. The molecule has 1 aromatic carbocycles. The van der Waals surface area contributed by atoms with Crippen LogP contribution in [0.3, 0.4) is 0 Å². The second-order valence-electron chi connectivity index (χ2n) is 5.44. The van der Waals surface area contributed by atoms with Crippen molar-refractivity contribution in [3.05, 3.63) is 40.4 Å². The molecule has 2 aromatic rings. The summed E-state index contributed by atoms with van der Waals surface area (Å²) in [7, 11) is -1.91. The maximum Gasteiger partial charge on any atom is 0.418 e. The van der Waals surface area contributed by atoms with E-state index in [0.717, 1.165) is 23.0 Å². The van der Waals surface area contributed by atoms with Crippen molar-refractivity contribution in [3.8, 4) is 0 Å². The van der Waals surface area contributed by atoms with E-state index in [0.29, 0.717) is 0 Å². The first-order chi connectivity index (χ1) is 11.7. The summed E-state index contributed by atoms with van der Waals surface area (Å²) in [5.74, 6) is -0.271. The van der Waals surface area contributed by atoms with Gasteiger partial charge in [0, 0.05) is 13.7 Å². The molecule has 0 fully saturated rings. The lowest BCUT2D eigenvalue weighted by Crippen LogP contribution is -2.24. The number of hydrogen-bond acceptors (Lipinski definition) is 5. The molecule has 138 valence electrons. The van der Waals surface area contributed by atoms with E-state index in [9.17, 15) is 26.4 Å². The Morgan fingerprint density at radius 1 is 1.24 bits per heavy atom. The van der Waals surface area contributed by atoms with Gasteiger partial charge in [-0.3, -0.25) is 9.36 Å². The van der Waals surface area contributed by atoms with Gasteiger partial charge in [0.1, 0.15) is 0 Å². The summed E-state index contributed by atoms with van der Waals surface area (Å²) in [6.45, 7) is 0.129. The lowest BCUT2D eigenvalue weighted by molar-refractivity contribution is -0.136. The highest BCUT2D eigenvalue weighted by atomic mass is 32.2. The number of methoxy groups -OCH3 is 1. The molecule has 0 unspecified atom stereocenters. The maximum atomic E-state index is 13.0. The normalized spacial score (nSPS) is 12.6. The number of para-hydroxylation sites is 1. The lowest BCUT2D eigenvalue weighted by atomic mass is 10.1. The van der Waals surface area contributed by atoms with Crippen LogP contribution in [0.25, 0.3) is 10.9 Å². The number of halogens is 3. The van der Waals surface area contributed by atoms with E-state index in [1.807, 2.05) is 0 Å². The van der Waals surface area contributed by atoms with Gasteiger partial charge in [0.05, 0.1) is 40.9 Å². The number of aryl methyl sites for hydroxylation is 1. The first-order valence-electron chi connectivity index (χ1n) is 7.40. The Morgan fingerprint density at radius 3 is 2.60 bits per heavy atom. The fourth-order valence-electron chi connectivity index (χ4n) is 2.34. The molecule has 25 heavy (non-hydrogen) atoms.